The fraction of sp³-hybridized carbons (Fsp3) is 0.478. The first-order valence-electron chi connectivity index (χ1n) is 11.1. The van der Waals surface area contributed by atoms with Crippen molar-refractivity contribution in [3.8, 4) is 0 Å². The Morgan fingerprint density at radius 2 is 1.92 bits per heavy atom. The summed E-state index contributed by atoms with van der Waals surface area (Å²) < 4.78 is 10.1. The molecule has 2 aliphatic rings. The van der Waals surface area contributed by atoms with Crippen molar-refractivity contribution in [3.63, 3.8) is 0 Å². The van der Waals surface area contributed by atoms with Crippen molar-refractivity contribution in [1.29, 1.82) is 0 Å². The number of ether oxygens (including phenoxy) is 2. The van der Waals surface area contributed by atoms with E-state index in [1.807, 2.05) is 5.38 Å². The number of nitrogens with one attached hydrogen (secondary N) is 1. The first-order valence-corrected chi connectivity index (χ1v) is 12.9. The molecule has 4 atom stereocenters. The number of rotatable bonds is 11. The highest BCUT2D eigenvalue weighted by Gasteiger charge is 2.56. The van der Waals surface area contributed by atoms with Crippen LogP contribution in [0.3, 0.4) is 0 Å². The van der Waals surface area contributed by atoms with Crippen molar-refractivity contribution >= 4 is 58.6 Å². The monoisotopic (exact) mass is 538 g/mol. The van der Waals surface area contributed by atoms with Gasteiger partial charge in [0.2, 0.25) is 5.91 Å². The molecule has 2 N–H and O–H groups in total. The Labute approximate surface area is 215 Å². The number of esters is 2. The number of thioether (sulfide) groups is 1. The molecular weight excluding hydrogens is 512 g/mol. The van der Waals surface area contributed by atoms with E-state index in [1.54, 1.807) is 19.1 Å². The molecule has 1 saturated heterocycles. The molecule has 0 saturated carbocycles. The van der Waals surface area contributed by atoms with Crippen LogP contribution in [0.1, 0.15) is 32.1 Å². The smallest absolute Gasteiger partial charge is 0.352 e. The van der Waals surface area contributed by atoms with E-state index in [2.05, 4.69) is 5.32 Å². The number of thiophene rings is 1. The van der Waals surface area contributed by atoms with Gasteiger partial charge in [-0.1, -0.05) is 6.07 Å². The second-order valence-corrected chi connectivity index (χ2v) is 10.5. The van der Waals surface area contributed by atoms with Crippen LogP contribution in [0.2, 0.25) is 0 Å². The van der Waals surface area contributed by atoms with Crippen molar-refractivity contribution in [2.24, 2.45) is 5.92 Å². The number of ketones is 1. The molecule has 3 rings (SSSR count). The number of carboxylic acid groups (broad SMARTS) is 1. The fourth-order valence-electron chi connectivity index (χ4n) is 3.99. The average molecular weight is 539 g/mol. The summed E-state index contributed by atoms with van der Waals surface area (Å²) in [6.07, 6.45) is -0.0581. The van der Waals surface area contributed by atoms with Gasteiger partial charge in [0.1, 0.15) is 35.4 Å². The predicted molar refractivity (Wildman–Crippen MR) is 129 cm³/mol. The normalized spacial score (nSPS) is 21.7. The molecule has 1 fully saturated rings. The van der Waals surface area contributed by atoms with Crippen LogP contribution in [0.5, 0.6) is 0 Å². The maximum Gasteiger partial charge on any atom is 0.352 e. The largest absolute Gasteiger partial charge is 0.477 e. The van der Waals surface area contributed by atoms with Crippen LogP contribution in [0.4, 0.5) is 0 Å². The highest BCUT2D eigenvalue weighted by Crippen LogP contribution is 2.46. The highest BCUT2D eigenvalue weighted by atomic mass is 32.2. The lowest BCUT2D eigenvalue weighted by Crippen LogP contribution is -2.71. The van der Waals surface area contributed by atoms with Crippen molar-refractivity contribution in [2.75, 3.05) is 13.2 Å². The van der Waals surface area contributed by atoms with Crippen molar-refractivity contribution < 1.29 is 43.3 Å². The standard InChI is InChI=1S/C23H26N2O9S2/c1-4-33-23(32)14(11(2)26)9-16-15(10-34-12(3)27)19(22(30)31)25-20(29)18(21(25)36-16)24-17(28)8-13-6-5-7-35-13/h5-7,14,16,18,21H,4,8-10H2,1-3H3,(H,24,28)(H,30,31)/t14?,16?,18?,21-/m0/s1. The molecular formula is C23H26N2O9S2. The molecule has 194 valence electrons. The number of hydrogen-bond acceptors (Lipinski definition) is 10. The third kappa shape index (κ3) is 5.95. The Morgan fingerprint density at radius 1 is 1.19 bits per heavy atom. The summed E-state index contributed by atoms with van der Waals surface area (Å²) in [7, 11) is 0. The van der Waals surface area contributed by atoms with Crippen molar-refractivity contribution in [1.82, 2.24) is 10.2 Å². The summed E-state index contributed by atoms with van der Waals surface area (Å²) in [6.45, 7) is 3.60. The maximum absolute atomic E-state index is 12.9. The van der Waals surface area contributed by atoms with Gasteiger partial charge in [0.05, 0.1) is 13.0 Å². The summed E-state index contributed by atoms with van der Waals surface area (Å²) in [4.78, 5) is 75.7. The van der Waals surface area contributed by atoms with Crippen molar-refractivity contribution in [3.05, 3.63) is 33.7 Å². The molecule has 0 radical (unpaired) electrons. The lowest BCUT2D eigenvalue weighted by molar-refractivity contribution is -0.152. The van der Waals surface area contributed by atoms with Crippen molar-refractivity contribution in [2.45, 2.75) is 50.3 Å². The van der Waals surface area contributed by atoms with Crippen LogP contribution < -0.4 is 5.32 Å². The van der Waals surface area contributed by atoms with E-state index in [-0.39, 0.29) is 30.7 Å². The molecule has 0 aromatic carbocycles. The summed E-state index contributed by atoms with van der Waals surface area (Å²) in [5.74, 6) is -5.50. The number of carbonyl (C=O) groups is 6. The van der Waals surface area contributed by atoms with Gasteiger partial charge in [-0.25, -0.2) is 4.79 Å². The number of fused-ring (bicyclic) bond motifs is 1. The van der Waals surface area contributed by atoms with Crippen LogP contribution in [0, 0.1) is 5.92 Å². The second-order valence-electron chi connectivity index (χ2n) is 8.14. The fourth-order valence-corrected chi connectivity index (χ4v) is 6.35. The number of Topliss-reactive ketones (excluding diaryl/α,β-unsaturated/α-hetero) is 1. The minimum absolute atomic E-state index is 0.0557. The van der Waals surface area contributed by atoms with Gasteiger partial charge in [-0.05, 0) is 31.7 Å². The molecule has 1 aromatic heterocycles. The zero-order chi connectivity index (χ0) is 26.6. The predicted octanol–water partition coefficient (Wildman–Crippen LogP) is 1.12. The third-order valence-electron chi connectivity index (χ3n) is 5.66. The minimum Gasteiger partial charge on any atom is -0.477 e. The van der Waals surface area contributed by atoms with E-state index < -0.39 is 64.7 Å². The topological polar surface area (TPSA) is 156 Å². The molecule has 2 amide bonds. The molecule has 11 nitrogen and oxygen atoms in total. The Balaban J connectivity index is 1.91. The van der Waals surface area contributed by atoms with E-state index in [0.29, 0.717) is 0 Å². The van der Waals surface area contributed by atoms with Gasteiger partial charge in [0, 0.05) is 22.6 Å². The average Bonchev–Trinajstić information content (AvgIpc) is 3.31. The van der Waals surface area contributed by atoms with Gasteiger partial charge < -0.3 is 19.9 Å². The van der Waals surface area contributed by atoms with E-state index in [4.69, 9.17) is 9.47 Å². The van der Waals surface area contributed by atoms with E-state index in [9.17, 15) is 33.9 Å². The number of carboxylic acids is 1. The molecule has 0 bridgehead atoms. The Morgan fingerprint density at radius 3 is 2.47 bits per heavy atom. The Kier molecular flexibility index (Phi) is 8.90. The number of carbonyl (C=O) groups excluding carboxylic acids is 5. The number of aliphatic carboxylic acids is 1. The van der Waals surface area contributed by atoms with Crippen LogP contribution in [0.15, 0.2) is 28.8 Å². The zero-order valence-electron chi connectivity index (χ0n) is 19.8. The van der Waals surface area contributed by atoms with Crippen LogP contribution >= 0.6 is 23.1 Å². The minimum atomic E-state index is -1.43. The zero-order valence-corrected chi connectivity index (χ0v) is 21.5. The number of hydrogen-bond donors (Lipinski definition) is 2. The molecule has 3 unspecified atom stereocenters. The molecule has 1 aromatic rings. The first-order chi connectivity index (χ1) is 17.0. The summed E-state index contributed by atoms with van der Waals surface area (Å²) in [5, 5.41) is 12.9. The van der Waals surface area contributed by atoms with Crippen LogP contribution in [0.25, 0.3) is 0 Å². The lowest BCUT2D eigenvalue weighted by Gasteiger charge is -2.51. The lowest BCUT2D eigenvalue weighted by atomic mass is 9.93. The molecule has 36 heavy (non-hydrogen) atoms. The van der Waals surface area contributed by atoms with Gasteiger partial charge in [-0.3, -0.25) is 28.9 Å². The molecule has 3 heterocycles. The number of amides is 2. The van der Waals surface area contributed by atoms with Crippen LogP contribution in [-0.2, 0) is 44.7 Å². The molecule has 13 heteroatoms. The van der Waals surface area contributed by atoms with E-state index in [1.165, 1.54) is 18.3 Å². The van der Waals surface area contributed by atoms with E-state index in [0.717, 1.165) is 28.5 Å². The summed E-state index contributed by atoms with van der Waals surface area (Å²) >= 11 is 2.52. The third-order valence-corrected chi connectivity index (χ3v) is 8.10. The summed E-state index contributed by atoms with van der Waals surface area (Å²) in [5.41, 5.74) is -0.295. The molecule has 2 aliphatic heterocycles. The van der Waals surface area contributed by atoms with Crippen LogP contribution in [-0.4, -0.2) is 75.4 Å². The van der Waals surface area contributed by atoms with Gasteiger partial charge in [0.15, 0.2) is 0 Å². The van der Waals surface area contributed by atoms with Gasteiger partial charge in [0.25, 0.3) is 5.91 Å². The van der Waals surface area contributed by atoms with E-state index >= 15 is 0 Å². The Bertz CT molecular complexity index is 1100. The SMILES string of the molecule is CCOC(=O)C(CC1S[C@H]2C(NC(=O)Cc3cccs3)C(=O)N2C(C(=O)O)=C1COC(C)=O)C(C)=O. The number of β-lactam (4-membered cyclic amide) rings is 1. The molecule has 0 spiro atoms. The molecule has 0 aliphatic carbocycles. The maximum atomic E-state index is 12.9. The highest BCUT2D eigenvalue weighted by molar-refractivity contribution is 8.00. The second kappa shape index (κ2) is 11.7. The van der Waals surface area contributed by atoms with Gasteiger partial charge >= 0.3 is 17.9 Å². The first kappa shape index (κ1) is 27.4. The Hall–Kier alpha value is -3.19. The summed E-state index contributed by atoms with van der Waals surface area (Å²) in [6, 6.07) is 2.59. The number of nitrogens with zero attached hydrogens (tertiary/aromatic N) is 1. The van der Waals surface area contributed by atoms with Gasteiger partial charge in [-0.15, -0.1) is 23.1 Å². The quantitative estimate of drug-likeness (QED) is 0.238. The van der Waals surface area contributed by atoms with Gasteiger partial charge in [-0.2, -0.15) is 0 Å².